The summed E-state index contributed by atoms with van der Waals surface area (Å²) in [5.74, 6) is -2.58. The summed E-state index contributed by atoms with van der Waals surface area (Å²) in [6, 6.07) is -0.256. The number of alkyl halides is 4. The highest BCUT2D eigenvalue weighted by Crippen LogP contribution is 2.38. The number of aromatic nitrogens is 4. The van der Waals surface area contributed by atoms with Crippen LogP contribution in [0, 0.1) is 11.6 Å². The van der Waals surface area contributed by atoms with Crippen LogP contribution in [0.1, 0.15) is 12.6 Å². The van der Waals surface area contributed by atoms with Crippen molar-refractivity contribution in [1.29, 1.82) is 0 Å². The van der Waals surface area contributed by atoms with Crippen molar-refractivity contribution < 1.29 is 31.4 Å². The third kappa shape index (κ3) is 3.67. The van der Waals surface area contributed by atoms with E-state index in [4.69, 9.17) is 0 Å². The first-order valence-electron chi connectivity index (χ1n) is 9.09. The molecule has 3 atom stereocenters. The van der Waals surface area contributed by atoms with Crippen molar-refractivity contribution >= 4 is 11.5 Å². The van der Waals surface area contributed by atoms with Gasteiger partial charge in [-0.15, -0.1) is 0 Å². The molecular weight excluding hydrogens is 430 g/mol. The summed E-state index contributed by atoms with van der Waals surface area (Å²) in [5, 5.41) is 15.2. The lowest BCUT2D eigenvalue weighted by Gasteiger charge is -2.25. The topological polar surface area (TPSA) is 87.4 Å². The maximum Gasteiger partial charge on any atom is 0.422 e. The Labute approximate surface area is 171 Å². The van der Waals surface area contributed by atoms with Crippen molar-refractivity contribution in [2.45, 2.75) is 30.9 Å². The summed E-state index contributed by atoms with van der Waals surface area (Å²) in [5.41, 5.74) is -4.54. The number of imidazole rings is 1. The van der Waals surface area contributed by atoms with E-state index in [-0.39, 0.29) is 24.4 Å². The first-order chi connectivity index (χ1) is 14.5. The Morgan fingerprint density at radius 3 is 2.55 bits per heavy atom. The Balaban J connectivity index is 1.79. The van der Waals surface area contributed by atoms with Gasteiger partial charge in [0.05, 0.1) is 29.8 Å². The molecule has 166 valence electrons. The van der Waals surface area contributed by atoms with Gasteiger partial charge in [0.25, 0.3) is 0 Å². The van der Waals surface area contributed by atoms with E-state index in [0.717, 1.165) is 23.0 Å². The minimum absolute atomic E-state index is 0.0422. The van der Waals surface area contributed by atoms with Gasteiger partial charge in [-0.1, -0.05) is 0 Å². The number of halogens is 6. The molecule has 0 aliphatic carbocycles. The first-order valence-corrected chi connectivity index (χ1v) is 9.09. The molecule has 0 bridgehead atoms. The number of rotatable bonds is 4. The zero-order chi connectivity index (χ0) is 22.6. The van der Waals surface area contributed by atoms with Gasteiger partial charge in [-0.25, -0.2) is 23.1 Å². The van der Waals surface area contributed by atoms with Crippen LogP contribution in [0.4, 0.5) is 32.2 Å². The lowest BCUT2D eigenvalue weighted by Crippen LogP contribution is -2.40. The van der Waals surface area contributed by atoms with E-state index in [1.807, 2.05) is 0 Å². The molecule has 0 saturated carbocycles. The van der Waals surface area contributed by atoms with Crippen LogP contribution in [0.15, 0.2) is 24.7 Å². The second-order valence-electron chi connectivity index (χ2n) is 7.29. The Bertz CT molecular complexity index is 1130. The number of pyridine rings is 1. The molecule has 4 rings (SSSR count). The molecule has 1 aliphatic rings. The van der Waals surface area contributed by atoms with Crippen LogP contribution in [0.25, 0.3) is 17.0 Å². The van der Waals surface area contributed by atoms with Crippen LogP contribution in [-0.4, -0.2) is 55.9 Å². The average molecular weight is 446 g/mol. The first kappa shape index (κ1) is 21.3. The van der Waals surface area contributed by atoms with Gasteiger partial charge < -0.3 is 15.7 Å². The van der Waals surface area contributed by atoms with Gasteiger partial charge >= 0.3 is 6.18 Å². The molecule has 7 nitrogen and oxygen atoms in total. The van der Waals surface area contributed by atoms with Crippen molar-refractivity contribution in [1.82, 2.24) is 24.7 Å². The van der Waals surface area contributed by atoms with Gasteiger partial charge in [0, 0.05) is 25.4 Å². The van der Waals surface area contributed by atoms with Crippen molar-refractivity contribution in [3.05, 3.63) is 42.0 Å². The Hall–Kier alpha value is -2.93. The van der Waals surface area contributed by atoms with Crippen molar-refractivity contribution in [3.63, 3.8) is 0 Å². The Morgan fingerprint density at radius 2 is 1.90 bits per heavy atom. The Morgan fingerprint density at radius 1 is 1.16 bits per heavy atom. The third-order valence-electron chi connectivity index (χ3n) is 5.08. The number of nitrogens with one attached hydrogen (secondary N) is 2. The number of anilines is 1. The van der Waals surface area contributed by atoms with E-state index in [1.54, 1.807) is 0 Å². The number of hydrogen-bond donors (Lipinski definition) is 3. The zero-order valence-electron chi connectivity index (χ0n) is 15.9. The standard InChI is InChI=1S/C18H16F6N6O/c1-17(31,18(22,23)24)13-7-30-12(5-27-14(30)6-26-13)15-8(19)2-9(20)16(29-15)28-11-4-25-3-10(11)21/h2,5-7,10-11,25,31H,3-4H2,1H3,(H,28,29). The summed E-state index contributed by atoms with van der Waals surface area (Å²) >= 11 is 0. The second kappa shape index (κ2) is 7.34. The summed E-state index contributed by atoms with van der Waals surface area (Å²) < 4.78 is 83.2. The summed E-state index contributed by atoms with van der Waals surface area (Å²) in [4.78, 5) is 11.4. The number of fused-ring (bicyclic) bond motifs is 1. The predicted molar refractivity (Wildman–Crippen MR) is 96.9 cm³/mol. The average Bonchev–Trinajstić information content (AvgIpc) is 3.28. The fourth-order valence-electron chi connectivity index (χ4n) is 3.17. The van der Waals surface area contributed by atoms with E-state index in [0.29, 0.717) is 13.0 Å². The maximum atomic E-state index is 14.5. The van der Waals surface area contributed by atoms with Crippen molar-refractivity contribution in [2.75, 3.05) is 18.4 Å². The van der Waals surface area contributed by atoms with Crippen LogP contribution in [-0.2, 0) is 5.60 Å². The molecule has 0 aromatic carbocycles. The molecule has 3 N–H and O–H groups in total. The predicted octanol–water partition coefficient (Wildman–Crippen LogP) is 2.56. The lowest BCUT2D eigenvalue weighted by molar-refractivity contribution is -0.260. The normalized spacial score (nSPS) is 21.4. The molecule has 1 saturated heterocycles. The SMILES string of the molecule is CC(O)(c1cn2c(-c3nc(NC4CNCC4F)c(F)cc3F)cnc2cn1)C(F)(F)F. The van der Waals surface area contributed by atoms with E-state index < -0.39 is 52.8 Å². The molecule has 3 aromatic rings. The van der Waals surface area contributed by atoms with Gasteiger partial charge in [-0.05, 0) is 6.92 Å². The second-order valence-corrected chi connectivity index (χ2v) is 7.29. The van der Waals surface area contributed by atoms with Crippen LogP contribution in [0.5, 0.6) is 0 Å². The van der Waals surface area contributed by atoms with Crippen LogP contribution in [0.2, 0.25) is 0 Å². The molecule has 13 heteroatoms. The number of nitrogens with zero attached hydrogens (tertiary/aromatic N) is 4. The molecule has 0 amide bonds. The maximum absolute atomic E-state index is 14.5. The Kier molecular flexibility index (Phi) is 5.04. The third-order valence-corrected chi connectivity index (χ3v) is 5.08. The van der Waals surface area contributed by atoms with Gasteiger partial charge in [-0.2, -0.15) is 13.2 Å². The zero-order valence-corrected chi connectivity index (χ0v) is 15.9. The smallest absolute Gasteiger partial charge is 0.375 e. The van der Waals surface area contributed by atoms with Crippen molar-refractivity contribution in [3.8, 4) is 11.4 Å². The molecule has 1 fully saturated rings. The number of aliphatic hydroxyl groups is 1. The van der Waals surface area contributed by atoms with Gasteiger partial charge in [0.1, 0.15) is 11.9 Å². The van der Waals surface area contributed by atoms with Gasteiger partial charge in [0.2, 0.25) is 5.60 Å². The molecule has 4 heterocycles. The van der Waals surface area contributed by atoms with Crippen molar-refractivity contribution in [2.24, 2.45) is 0 Å². The quantitative estimate of drug-likeness (QED) is 0.534. The fourth-order valence-corrected chi connectivity index (χ4v) is 3.17. The molecule has 0 radical (unpaired) electrons. The van der Waals surface area contributed by atoms with E-state index in [2.05, 4.69) is 25.6 Å². The van der Waals surface area contributed by atoms with Crippen LogP contribution in [0.3, 0.4) is 0 Å². The molecule has 3 unspecified atom stereocenters. The number of hydrogen-bond acceptors (Lipinski definition) is 6. The molecule has 31 heavy (non-hydrogen) atoms. The highest BCUT2D eigenvalue weighted by molar-refractivity contribution is 5.62. The lowest BCUT2D eigenvalue weighted by atomic mass is 10.0. The summed E-state index contributed by atoms with van der Waals surface area (Å²) in [6.45, 7) is 0.793. The minimum Gasteiger partial charge on any atom is -0.375 e. The fraction of sp³-hybridized carbons (Fsp3) is 0.389. The largest absolute Gasteiger partial charge is 0.422 e. The van der Waals surface area contributed by atoms with Gasteiger partial charge in [-0.3, -0.25) is 9.38 Å². The van der Waals surface area contributed by atoms with E-state index >= 15 is 0 Å². The van der Waals surface area contributed by atoms with Crippen LogP contribution < -0.4 is 10.6 Å². The van der Waals surface area contributed by atoms with E-state index in [9.17, 15) is 31.4 Å². The molecular formula is C18H16F6N6O. The minimum atomic E-state index is -5.02. The highest BCUT2D eigenvalue weighted by Gasteiger charge is 2.52. The molecule has 0 spiro atoms. The molecule has 3 aromatic heterocycles. The van der Waals surface area contributed by atoms with Gasteiger partial charge in [0.15, 0.2) is 23.1 Å². The monoisotopic (exact) mass is 446 g/mol. The highest BCUT2D eigenvalue weighted by atomic mass is 19.4. The summed E-state index contributed by atoms with van der Waals surface area (Å²) in [7, 11) is 0. The van der Waals surface area contributed by atoms with E-state index in [1.165, 1.54) is 0 Å². The molecule has 1 aliphatic heterocycles. The summed E-state index contributed by atoms with van der Waals surface area (Å²) in [6.07, 6.45) is -3.41. The van der Waals surface area contributed by atoms with Crippen LogP contribution >= 0.6 is 0 Å².